The fourth-order valence-corrected chi connectivity index (χ4v) is 1.26. The number of amides is 1. The summed E-state index contributed by atoms with van der Waals surface area (Å²) in [5, 5.41) is 0. The summed E-state index contributed by atoms with van der Waals surface area (Å²) in [6, 6.07) is 8.47. The highest BCUT2D eigenvalue weighted by Gasteiger charge is 2.15. The van der Waals surface area contributed by atoms with Gasteiger partial charge in [-0.3, -0.25) is 9.59 Å². The summed E-state index contributed by atoms with van der Waals surface area (Å²) in [6.07, 6.45) is 0.154. The molecule has 0 saturated carbocycles. The van der Waals surface area contributed by atoms with Crippen LogP contribution in [0.2, 0.25) is 0 Å². The quantitative estimate of drug-likeness (QED) is 0.711. The van der Waals surface area contributed by atoms with Crippen molar-refractivity contribution < 1.29 is 9.59 Å². The summed E-state index contributed by atoms with van der Waals surface area (Å²) >= 11 is 0. The second kappa shape index (κ2) is 5.26. The zero-order valence-corrected chi connectivity index (χ0v) is 8.35. The molecule has 0 bridgehead atoms. The Hall–Kier alpha value is -1.68. The predicted molar refractivity (Wildman–Crippen MR) is 56.9 cm³/mol. The lowest BCUT2D eigenvalue weighted by molar-refractivity contribution is -0.124. The first kappa shape index (κ1) is 11.4. The number of Topliss-reactive ketones (excluding diaryl/α,β-unsaturated/α-hetero) is 1. The second-order valence-corrected chi connectivity index (χ2v) is 3.41. The summed E-state index contributed by atoms with van der Waals surface area (Å²) in [4.78, 5) is 22.1. The van der Waals surface area contributed by atoms with Gasteiger partial charge in [-0.25, -0.2) is 0 Å². The third-order valence-corrected chi connectivity index (χ3v) is 2.06. The van der Waals surface area contributed by atoms with E-state index in [1.807, 2.05) is 30.3 Å². The second-order valence-electron chi connectivity index (χ2n) is 3.41. The van der Waals surface area contributed by atoms with Gasteiger partial charge in [0.25, 0.3) is 0 Å². The smallest absolute Gasteiger partial charge is 0.219 e. The van der Waals surface area contributed by atoms with E-state index in [-0.39, 0.29) is 18.6 Å². The van der Waals surface area contributed by atoms with Crippen LogP contribution in [0.15, 0.2) is 30.3 Å². The van der Waals surface area contributed by atoms with Gasteiger partial charge < -0.3 is 11.5 Å². The standard InChI is InChI=1S/C11H14N2O2/c12-9(7-11(13)15)10(14)6-8-4-2-1-3-5-8/h1-5,9H,6-7,12H2,(H2,13,15). The molecule has 4 N–H and O–H groups in total. The van der Waals surface area contributed by atoms with Gasteiger partial charge in [-0.15, -0.1) is 0 Å². The maximum Gasteiger partial charge on any atom is 0.219 e. The van der Waals surface area contributed by atoms with Gasteiger partial charge in [-0.05, 0) is 5.56 Å². The van der Waals surface area contributed by atoms with E-state index in [4.69, 9.17) is 11.5 Å². The van der Waals surface area contributed by atoms with Crippen molar-refractivity contribution in [2.75, 3.05) is 0 Å². The molecule has 0 aromatic heterocycles. The number of nitrogens with two attached hydrogens (primary N) is 2. The van der Waals surface area contributed by atoms with Gasteiger partial charge in [-0.2, -0.15) is 0 Å². The van der Waals surface area contributed by atoms with Crippen LogP contribution in [0.25, 0.3) is 0 Å². The van der Waals surface area contributed by atoms with Crippen LogP contribution in [0.1, 0.15) is 12.0 Å². The SMILES string of the molecule is NC(=O)CC(N)C(=O)Cc1ccccc1. The zero-order chi connectivity index (χ0) is 11.3. The molecule has 0 aliphatic heterocycles. The summed E-state index contributed by atoms with van der Waals surface area (Å²) in [6.45, 7) is 0. The number of hydrogen-bond donors (Lipinski definition) is 2. The van der Waals surface area contributed by atoms with Gasteiger partial charge in [0.15, 0.2) is 5.78 Å². The van der Waals surface area contributed by atoms with Crippen molar-refractivity contribution in [3.63, 3.8) is 0 Å². The Kier molecular flexibility index (Phi) is 4.00. The molecule has 0 spiro atoms. The van der Waals surface area contributed by atoms with Gasteiger partial charge in [0.2, 0.25) is 5.91 Å². The Morgan fingerprint density at radius 2 is 1.80 bits per heavy atom. The Bertz CT molecular complexity index is 349. The van der Waals surface area contributed by atoms with Crippen molar-refractivity contribution >= 4 is 11.7 Å². The molecule has 1 rings (SSSR count). The average molecular weight is 206 g/mol. The lowest BCUT2D eigenvalue weighted by Gasteiger charge is -2.07. The topological polar surface area (TPSA) is 86.2 Å². The number of rotatable bonds is 5. The highest BCUT2D eigenvalue weighted by molar-refractivity contribution is 5.90. The van der Waals surface area contributed by atoms with Gasteiger partial charge in [0.1, 0.15) is 0 Å². The highest BCUT2D eigenvalue weighted by Crippen LogP contribution is 2.02. The number of carbonyl (C=O) groups excluding carboxylic acids is 2. The summed E-state index contributed by atoms with van der Waals surface area (Å²) in [5.41, 5.74) is 11.4. The molecular weight excluding hydrogens is 192 g/mol. The van der Waals surface area contributed by atoms with Crippen LogP contribution in [0.4, 0.5) is 0 Å². The number of carbonyl (C=O) groups is 2. The largest absolute Gasteiger partial charge is 0.370 e. The molecule has 0 heterocycles. The molecule has 0 aliphatic carbocycles. The monoisotopic (exact) mass is 206 g/mol. The zero-order valence-electron chi connectivity index (χ0n) is 8.35. The van der Waals surface area contributed by atoms with Gasteiger partial charge in [0.05, 0.1) is 6.04 Å². The first-order valence-electron chi connectivity index (χ1n) is 4.70. The Labute approximate surface area is 88.3 Å². The van der Waals surface area contributed by atoms with E-state index >= 15 is 0 Å². The van der Waals surface area contributed by atoms with E-state index in [9.17, 15) is 9.59 Å². The van der Waals surface area contributed by atoms with E-state index < -0.39 is 11.9 Å². The van der Waals surface area contributed by atoms with Gasteiger partial charge in [-0.1, -0.05) is 30.3 Å². The minimum absolute atomic E-state index is 0.0916. The van der Waals surface area contributed by atoms with E-state index in [1.54, 1.807) is 0 Å². The van der Waals surface area contributed by atoms with Crippen LogP contribution in [0.5, 0.6) is 0 Å². The minimum atomic E-state index is -0.789. The molecule has 4 nitrogen and oxygen atoms in total. The molecule has 0 fully saturated rings. The molecule has 15 heavy (non-hydrogen) atoms. The van der Waals surface area contributed by atoms with E-state index in [0.29, 0.717) is 0 Å². The third-order valence-electron chi connectivity index (χ3n) is 2.06. The van der Waals surface area contributed by atoms with Crippen molar-refractivity contribution in [1.82, 2.24) is 0 Å². The number of ketones is 1. The van der Waals surface area contributed by atoms with Crippen molar-refractivity contribution in [1.29, 1.82) is 0 Å². The normalized spacial score (nSPS) is 12.1. The van der Waals surface area contributed by atoms with Crippen LogP contribution < -0.4 is 11.5 Å². The Morgan fingerprint density at radius 1 is 1.20 bits per heavy atom. The van der Waals surface area contributed by atoms with Gasteiger partial charge in [0, 0.05) is 12.8 Å². The molecule has 0 aliphatic rings. The first-order valence-corrected chi connectivity index (χ1v) is 4.70. The van der Waals surface area contributed by atoms with Gasteiger partial charge >= 0.3 is 0 Å². The molecule has 1 amide bonds. The lowest BCUT2D eigenvalue weighted by atomic mass is 10.0. The highest BCUT2D eigenvalue weighted by atomic mass is 16.1. The predicted octanol–water partition coefficient (Wildman–Crippen LogP) is 0.000900. The molecule has 1 aromatic carbocycles. The lowest BCUT2D eigenvalue weighted by Crippen LogP contribution is -2.36. The number of primary amides is 1. The molecule has 80 valence electrons. The maximum atomic E-state index is 11.5. The molecule has 4 heteroatoms. The van der Waals surface area contributed by atoms with E-state index in [2.05, 4.69) is 0 Å². The van der Waals surface area contributed by atoms with Crippen LogP contribution in [0.3, 0.4) is 0 Å². The third kappa shape index (κ3) is 3.91. The molecule has 0 saturated heterocycles. The molecule has 0 radical (unpaired) electrons. The Balaban J connectivity index is 2.52. The van der Waals surface area contributed by atoms with Crippen molar-refractivity contribution in [2.45, 2.75) is 18.9 Å². The minimum Gasteiger partial charge on any atom is -0.370 e. The number of benzene rings is 1. The molecule has 1 atom stereocenters. The average Bonchev–Trinajstić information content (AvgIpc) is 2.18. The summed E-state index contributed by atoms with van der Waals surface area (Å²) in [7, 11) is 0. The van der Waals surface area contributed by atoms with Crippen LogP contribution in [-0.4, -0.2) is 17.7 Å². The summed E-state index contributed by atoms with van der Waals surface area (Å²) < 4.78 is 0. The van der Waals surface area contributed by atoms with Crippen LogP contribution in [-0.2, 0) is 16.0 Å². The van der Waals surface area contributed by atoms with Crippen molar-refractivity contribution in [3.8, 4) is 0 Å². The fraction of sp³-hybridized carbons (Fsp3) is 0.273. The number of hydrogen-bond acceptors (Lipinski definition) is 3. The fourth-order valence-electron chi connectivity index (χ4n) is 1.26. The van der Waals surface area contributed by atoms with Crippen molar-refractivity contribution in [2.24, 2.45) is 11.5 Å². The van der Waals surface area contributed by atoms with Crippen LogP contribution in [0, 0.1) is 0 Å². The molecule has 1 aromatic rings. The molecular formula is C11H14N2O2. The van der Waals surface area contributed by atoms with E-state index in [0.717, 1.165) is 5.56 Å². The van der Waals surface area contributed by atoms with Crippen molar-refractivity contribution in [3.05, 3.63) is 35.9 Å². The van der Waals surface area contributed by atoms with Crippen LogP contribution >= 0.6 is 0 Å². The Morgan fingerprint density at radius 3 is 2.33 bits per heavy atom. The van der Waals surface area contributed by atoms with E-state index in [1.165, 1.54) is 0 Å². The maximum absolute atomic E-state index is 11.5. The molecule has 1 unspecified atom stereocenters. The first-order chi connectivity index (χ1) is 7.09. The summed E-state index contributed by atoms with van der Waals surface area (Å²) in [5.74, 6) is -0.719.